The van der Waals surface area contributed by atoms with Gasteiger partial charge in [0.1, 0.15) is 5.82 Å². The van der Waals surface area contributed by atoms with Gasteiger partial charge in [0.2, 0.25) is 0 Å². The lowest BCUT2D eigenvalue weighted by Gasteiger charge is -2.26. The van der Waals surface area contributed by atoms with Crippen LogP contribution in [0, 0.1) is 11.8 Å². The molecular weight excluding hydrogens is 446 g/mol. The Morgan fingerprint density at radius 3 is 2.31 bits per heavy atom. The summed E-state index contributed by atoms with van der Waals surface area (Å²) in [4.78, 5) is 29.7. The predicted molar refractivity (Wildman–Crippen MR) is 149 cm³/mol. The second-order valence-electron chi connectivity index (χ2n) is 10.9. The Hall–Kier alpha value is -2.57. The third-order valence-corrected chi connectivity index (χ3v) is 6.36. The Kier molecular flexibility index (Phi) is 11.6. The van der Waals surface area contributed by atoms with E-state index in [2.05, 4.69) is 70.7 Å². The maximum absolute atomic E-state index is 12.8. The van der Waals surface area contributed by atoms with E-state index >= 15 is 0 Å². The van der Waals surface area contributed by atoms with Gasteiger partial charge in [-0.2, -0.15) is 0 Å². The number of aromatic nitrogens is 2. The monoisotopic (exact) mass is 491 g/mol. The van der Waals surface area contributed by atoms with Gasteiger partial charge >= 0.3 is 0 Å². The number of Topliss-reactive ketones (excluding diaryl/α,β-unsaturated/α-hetero) is 1. The number of H-pyrrole nitrogens is 1. The summed E-state index contributed by atoms with van der Waals surface area (Å²) in [5.41, 5.74) is 3.19. The highest BCUT2D eigenvalue weighted by Crippen LogP contribution is 2.15. The van der Waals surface area contributed by atoms with E-state index in [0.717, 1.165) is 76.3 Å². The number of ketones is 1. The fourth-order valence-electron chi connectivity index (χ4n) is 4.81. The number of nitrogens with one attached hydrogen (secondary N) is 1. The van der Waals surface area contributed by atoms with Crippen LogP contribution in [-0.2, 0) is 13.1 Å². The molecule has 1 aliphatic rings. The predicted octanol–water partition coefficient (Wildman–Crippen LogP) is 6.13. The molecule has 0 fully saturated rings. The molecule has 196 valence electrons. The smallest absolute Gasteiger partial charge is 0.162 e. The molecule has 0 atom stereocenters. The van der Waals surface area contributed by atoms with Crippen LogP contribution in [0.5, 0.6) is 0 Å². The Bertz CT molecular complexity index is 950. The SMILES string of the molecule is CC(C)CN(CCCCCC(=O)c1ccc(CN(CC2=NC=CC2)Cc2ncc[nH]2)cc1)CC(C)C. The topological polar surface area (TPSA) is 64.6 Å². The number of carbonyl (C=O) groups excluding carboxylic acids is 1. The fourth-order valence-corrected chi connectivity index (χ4v) is 4.81. The third-order valence-electron chi connectivity index (χ3n) is 6.36. The first-order valence-corrected chi connectivity index (χ1v) is 13.6. The van der Waals surface area contributed by atoms with Crippen LogP contribution in [0.1, 0.15) is 81.5 Å². The van der Waals surface area contributed by atoms with Gasteiger partial charge in [0, 0.05) is 68.9 Å². The summed E-state index contributed by atoms with van der Waals surface area (Å²) >= 11 is 0. The van der Waals surface area contributed by atoms with Gasteiger partial charge in [-0.05, 0) is 36.8 Å². The summed E-state index contributed by atoms with van der Waals surface area (Å²) in [5, 5.41) is 0. The molecule has 0 saturated heterocycles. The van der Waals surface area contributed by atoms with Crippen LogP contribution < -0.4 is 0 Å². The van der Waals surface area contributed by atoms with Crippen molar-refractivity contribution in [3.8, 4) is 0 Å². The highest BCUT2D eigenvalue weighted by Gasteiger charge is 2.14. The molecule has 2 aromatic rings. The lowest BCUT2D eigenvalue weighted by atomic mass is 10.0. The largest absolute Gasteiger partial charge is 0.348 e. The molecule has 3 rings (SSSR count). The number of unbranched alkanes of at least 4 members (excludes halogenated alkanes) is 2. The molecule has 6 nitrogen and oxygen atoms in total. The molecule has 36 heavy (non-hydrogen) atoms. The summed E-state index contributed by atoms with van der Waals surface area (Å²) in [6.07, 6.45) is 12.4. The lowest BCUT2D eigenvalue weighted by Crippen LogP contribution is -2.32. The van der Waals surface area contributed by atoms with Crippen LogP contribution >= 0.6 is 0 Å². The van der Waals surface area contributed by atoms with Crippen LogP contribution in [0.15, 0.2) is 53.9 Å². The van der Waals surface area contributed by atoms with Gasteiger partial charge in [0.15, 0.2) is 5.78 Å². The van der Waals surface area contributed by atoms with E-state index in [0.29, 0.717) is 18.3 Å². The number of aliphatic imine (C=N–C) groups is 1. The first kappa shape index (κ1) is 28.0. The zero-order valence-corrected chi connectivity index (χ0v) is 22.7. The minimum Gasteiger partial charge on any atom is -0.348 e. The molecule has 0 bridgehead atoms. The van der Waals surface area contributed by atoms with Crippen molar-refractivity contribution >= 4 is 11.5 Å². The van der Waals surface area contributed by atoms with Crippen molar-refractivity contribution in [1.82, 2.24) is 19.8 Å². The summed E-state index contributed by atoms with van der Waals surface area (Å²) < 4.78 is 0. The van der Waals surface area contributed by atoms with Gasteiger partial charge < -0.3 is 9.88 Å². The van der Waals surface area contributed by atoms with E-state index in [1.165, 1.54) is 11.3 Å². The number of aromatic amines is 1. The second kappa shape index (κ2) is 14.9. The first-order chi connectivity index (χ1) is 17.4. The quantitative estimate of drug-likeness (QED) is 0.214. The molecule has 1 aliphatic heterocycles. The van der Waals surface area contributed by atoms with E-state index in [-0.39, 0.29) is 5.78 Å². The highest BCUT2D eigenvalue weighted by molar-refractivity contribution is 5.96. The van der Waals surface area contributed by atoms with Crippen molar-refractivity contribution in [3.63, 3.8) is 0 Å². The average Bonchev–Trinajstić information content (AvgIpc) is 3.53. The molecule has 0 amide bonds. The number of hydrogen-bond donors (Lipinski definition) is 1. The lowest BCUT2D eigenvalue weighted by molar-refractivity contribution is 0.0978. The van der Waals surface area contributed by atoms with Crippen molar-refractivity contribution in [2.45, 2.75) is 72.9 Å². The van der Waals surface area contributed by atoms with Crippen molar-refractivity contribution < 1.29 is 4.79 Å². The highest BCUT2D eigenvalue weighted by atomic mass is 16.1. The molecular formula is C30H45N5O. The van der Waals surface area contributed by atoms with Gasteiger partial charge in [-0.1, -0.05) is 64.5 Å². The number of rotatable bonds is 17. The van der Waals surface area contributed by atoms with E-state index in [1.54, 1.807) is 6.20 Å². The van der Waals surface area contributed by atoms with Gasteiger partial charge in [-0.25, -0.2) is 4.98 Å². The Morgan fingerprint density at radius 2 is 1.69 bits per heavy atom. The third kappa shape index (κ3) is 10.2. The molecule has 0 saturated carbocycles. The minimum absolute atomic E-state index is 0.251. The molecule has 6 heteroatoms. The molecule has 0 spiro atoms. The zero-order valence-electron chi connectivity index (χ0n) is 22.7. The minimum atomic E-state index is 0.251. The van der Waals surface area contributed by atoms with Gasteiger partial charge in [0.05, 0.1) is 6.54 Å². The zero-order chi connectivity index (χ0) is 25.8. The number of benzene rings is 1. The van der Waals surface area contributed by atoms with Gasteiger partial charge in [-0.15, -0.1) is 0 Å². The second-order valence-corrected chi connectivity index (χ2v) is 10.9. The Balaban J connectivity index is 1.43. The molecule has 0 aliphatic carbocycles. The van der Waals surface area contributed by atoms with Gasteiger partial charge in [-0.3, -0.25) is 14.7 Å². The summed E-state index contributed by atoms with van der Waals surface area (Å²) in [6.45, 7) is 14.9. The Labute approximate surface area is 217 Å². The molecule has 1 N–H and O–H groups in total. The van der Waals surface area contributed by atoms with Crippen LogP contribution in [0.4, 0.5) is 0 Å². The van der Waals surface area contributed by atoms with Crippen LogP contribution in [0.3, 0.4) is 0 Å². The van der Waals surface area contributed by atoms with Crippen molar-refractivity contribution in [2.24, 2.45) is 16.8 Å². The molecule has 0 unspecified atom stereocenters. The van der Waals surface area contributed by atoms with Crippen LogP contribution in [-0.4, -0.2) is 57.4 Å². The molecule has 1 aromatic heterocycles. The molecule has 0 radical (unpaired) electrons. The number of allylic oxidation sites excluding steroid dienone is 1. The van der Waals surface area contributed by atoms with Crippen molar-refractivity contribution in [3.05, 3.63) is 65.9 Å². The average molecular weight is 492 g/mol. The van der Waals surface area contributed by atoms with E-state index in [1.807, 2.05) is 24.5 Å². The number of nitrogens with zero attached hydrogens (tertiary/aromatic N) is 4. The standard InChI is InChI=1S/C30H45N5O/c1-24(2)19-34(20-25(3)4)18-7-5-6-10-29(36)27-13-11-26(12-14-27)21-35(22-28-9-8-15-31-28)23-30-32-16-17-33-30/h8,11-17,24-25H,5-7,9-10,18-23H2,1-4H3,(H,32,33). The molecule has 1 aromatic carbocycles. The number of imidazole rings is 1. The van der Waals surface area contributed by atoms with Crippen LogP contribution in [0.25, 0.3) is 0 Å². The first-order valence-electron chi connectivity index (χ1n) is 13.6. The fraction of sp³-hybridized carbons (Fsp3) is 0.567. The summed E-state index contributed by atoms with van der Waals surface area (Å²) in [5.74, 6) is 2.59. The number of hydrogen-bond acceptors (Lipinski definition) is 5. The van der Waals surface area contributed by atoms with E-state index in [4.69, 9.17) is 0 Å². The summed E-state index contributed by atoms with van der Waals surface area (Å²) in [7, 11) is 0. The van der Waals surface area contributed by atoms with E-state index < -0.39 is 0 Å². The maximum Gasteiger partial charge on any atom is 0.162 e. The van der Waals surface area contributed by atoms with Crippen molar-refractivity contribution in [1.29, 1.82) is 0 Å². The van der Waals surface area contributed by atoms with Crippen LogP contribution in [0.2, 0.25) is 0 Å². The normalized spacial score (nSPS) is 13.5. The Morgan fingerprint density at radius 1 is 0.944 bits per heavy atom. The summed E-state index contributed by atoms with van der Waals surface area (Å²) in [6, 6.07) is 8.16. The van der Waals surface area contributed by atoms with E-state index in [9.17, 15) is 4.79 Å². The molecule has 2 heterocycles. The van der Waals surface area contributed by atoms with Gasteiger partial charge in [0.25, 0.3) is 0 Å². The number of carbonyl (C=O) groups is 1. The maximum atomic E-state index is 12.8. The van der Waals surface area contributed by atoms with Crippen molar-refractivity contribution in [2.75, 3.05) is 26.2 Å².